The van der Waals surface area contributed by atoms with Crippen molar-refractivity contribution in [2.75, 3.05) is 5.73 Å². The zero-order valence-corrected chi connectivity index (χ0v) is 10.7. The van der Waals surface area contributed by atoms with Crippen LogP contribution in [0.3, 0.4) is 0 Å². The molecule has 0 saturated heterocycles. The molecule has 3 rings (SSSR count). The van der Waals surface area contributed by atoms with E-state index in [9.17, 15) is 0 Å². The summed E-state index contributed by atoms with van der Waals surface area (Å²) in [4.78, 5) is 0. The van der Waals surface area contributed by atoms with Crippen molar-refractivity contribution in [2.45, 2.75) is 13.5 Å². The molecule has 0 unspecified atom stereocenters. The highest BCUT2D eigenvalue weighted by atomic mass is 16.5. The Morgan fingerprint density at radius 1 is 1.16 bits per heavy atom. The first-order valence-electron chi connectivity index (χ1n) is 6.18. The molecule has 0 fully saturated rings. The number of hydrogen-bond donors (Lipinski definition) is 1. The summed E-state index contributed by atoms with van der Waals surface area (Å²) in [5, 5.41) is 1.00. The van der Waals surface area contributed by atoms with Crippen molar-refractivity contribution in [1.29, 1.82) is 0 Å². The number of hydrogen-bond acceptors (Lipinski definition) is 3. The molecule has 0 aliphatic heterocycles. The normalized spacial score (nSPS) is 10.8. The van der Waals surface area contributed by atoms with Gasteiger partial charge in [0, 0.05) is 17.1 Å². The number of rotatable bonds is 3. The van der Waals surface area contributed by atoms with E-state index >= 15 is 0 Å². The van der Waals surface area contributed by atoms with Crippen LogP contribution in [0.25, 0.3) is 11.0 Å². The average Bonchev–Trinajstić information content (AvgIpc) is 2.79. The second-order valence-corrected chi connectivity index (χ2v) is 4.59. The van der Waals surface area contributed by atoms with E-state index in [0.717, 1.165) is 22.1 Å². The van der Waals surface area contributed by atoms with Crippen LogP contribution in [0.4, 0.5) is 5.69 Å². The standard InChI is InChI=1S/C16H15NO2/c1-11-9-19-16-14(11)7-13(17)8-15(16)18-10-12-5-3-2-4-6-12/h2-9H,10,17H2,1H3. The third-order valence-electron chi connectivity index (χ3n) is 3.09. The average molecular weight is 253 g/mol. The fraction of sp³-hybridized carbons (Fsp3) is 0.125. The Morgan fingerprint density at radius 3 is 2.74 bits per heavy atom. The molecule has 1 heterocycles. The van der Waals surface area contributed by atoms with Crippen LogP contribution in [0.15, 0.2) is 53.1 Å². The van der Waals surface area contributed by atoms with Crippen molar-refractivity contribution in [2.24, 2.45) is 0 Å². The smallest absolute Gasteiger partial charge is 0.176 e. The highest BCUT2D eigenvalue weighted by Gasteiger charge is 2.10. The molecule has 0 atom stereocenters. The molecule has 0 amide bonds. The maximum Gasteiger partial charge on any atom is 0.176 e. The van der Waals surface area contributed by atoms with Gasteiger partial charge in [0.15, 0.2) is 11.3 Å². The zero-order valence-electron chi connectivity index (χ0n) is 10.7. The second-order valence-electron chi connectivity index (χ2n) is 4.59. The molecule has 3 aromatic rings. The van der Waals surface area contributed by atoms with E-state index in [-0.39, 0.29) is 0 Å². The SMILES string of the molecule is Cc1coc2c(OCc3ccccc3)cc(N)cc12. The first-order chi connectivity index (χ1) is 9.24. The van der Waals surface area contributed by atoms with Crippen molar-refractivity contribution in [3.05, 3.63) is 59.9 Å². The monoisotopic (exact) mass is 253 g/mol. The Hall–Kier alpha value is -2.42. The second kappa shape index (κ2) is 4.69. The van der Waals surface area contributed by atoms with Crippen molar-refractivity contribution >= 4 is 16.7 Å². The summed E-state index contributed by atoms with van der Waals surface area (Å²) in [6.07, 6.45) is 1.72. The zero-order chi connectivity index (χ0) is 13.2. The number of benzene rings is 2. The lowest BCUT2D eigenvalue weighted by Crippen LogP contribution is -1.96. The van der Waals surface area contributed by atoms with Crippen molar-refractivity contribution < 1.29 is 9.15 Å². The van der Waals surface area contributed by atoms with E-state index in [2.05, 4.69) is 0 Å². The van der Waals surface area contributed by atoms with Gasteiger partial charge in [-0.3, -0.25) is 0 Å². The van der Waals surface area contributed by atoms with Crippen molar-refractivity contribution in [3.8, 4) is 5.75 Å². The summed E-state index contributed by atoms with van der Waals surface area (Å²) in [6, 6.07) is 13.7. The first kappa shape index (κ1) is 11.7. The van der Waals surface area contributed by atoms with Crippen LogP contribution in [0, 0.1) is 6.92 Å². The van der Waals surface area contributed by atoms with Gasteiger partial charge in [0.25, 0.3) is 0 Å². The van der Waals surface area contributed by atoms with E-state index in [1.807, 2.05) is 43.3 Å². The maximum atomic E-state index is 5.90. The molecule has 0 radical (unpaired) electrons. The summed E-state index contributed by atoms with van der Waals surface area (Å²) >= 11 is 0. The molecule has 3 nitrogen and oxygen atoms in total. The van der Waals surface area contributed by atoms with Crippen LogP contribution in [0.5, 0.6) is 5.75 Å². The molecule has 1 aromatic heterocycles. The number of nitrogen functional groups attached to an aromatic ring is 1. The number of nitrogens with two attached hydrogens (primary N) is 1. The number of anilines is 1. The summed E-state index contributed by atoms with van der Waals surface area (Å²) in [5.41, 5.74) is 9.51. The van der Waals surface area contributed by atoms with Crippen LogP contribution < -0.4 is 10.5 Å². The highest BCUT2D eigenvalue weighted by molar-refractivity contribution is 5.89. The summed E-state index contributed by atoms with van der Waals surface area (Å²) in [6.45, 7) is 2.49. The molecule has 3 heteroatoms. The Labute approximate surface area is 111 Å². The van der Waals surface area contributed by atoms with Crippen LogP contribution in [0.1, 0.15) is 11.1 Å². The molecule has 96 valence electrons. The van der Waals surface area contributed by atoms with E-state index in [1.54, 1.807) is 12.3 Å². The molecule has 2 N–H and O–H groups in total. The van der Waals surface area contributed by atoms with Gasteiger partial charge in [-0.2, -0.15) is 0 Å². The topological polar surface area (TPSA) is 48.4 Å². The van der Waals surface area contributed by atoms with Gasteiger partial charge in [0.05, 0.1) is 6.26 Å². The Kier molecular flexibility index (Phi) is 2.88. The maximum absolute atomic E-state index is 5.90. The molecule has 19 heavy (non-hydrogen) atoms. The highest BCUT2D eigenvalue weighted by Crippen LogP contribution is 2.32. The van der Waals surface area contributed by atoms with E-state index in [0.29, 0.717) is 18.0 Å². The van der Waals surface area contributed by atoms with Gasteiger partial charge in [-0.25, -0.2) is 0 Å². The molecule has 0 aliphatic rings. The minimum Gasteiger partial charge on any atom is -0.485 e. The molecule has 0 aliphatic carbocycles. The number of aryl methyl sites for hydroxylation is 1. The summed E-state index contributed by atoms with van der Waals surface area (Å²) in [7, 11) is 0. The quantitative estimate of drug-likeness (QED) is 0.720. The van der Waals surface area contributed by atoms with E-state index < -0.39 is 0 Å². The Bertz CT molecular complexity index is 701. The molecule has 2 aromatic carbocycles. The fourth-order valence-corrected chi connectivity index (χ4v) is 2.09. The van der Waals surface area contributed by atoms with Crippen molar-refractivity contribution in [1.82, 2.24) is 0 Å². The van der Waals surface area contributed by atoms with Gasteiger partial charge >= 0.3 is 0 Å². The number of furan rings is 1. The lowest BCUT2D eigenvalue weighted by atomic mass is 10.1. The van der Waals surface area contributed by atoms with Gasteiger partial charge in [0.2, 0.25) is 0 Å². The molecule has 0 spiro atoms. The van der Waals surface area contributed by atoms with E-state index in [4.69, 9.17) is 14.9 Å². The number of fused-ring (bicyclic) bond motifs is 1. The summed E-state index contributed by atoms with van der Waals surface area (Å²) < 4.78 is 11.4. The van der Waals surface area contributed by atoms with Crippen LogP contribution in [-0.4, -0.2) is 0 Å². The third kappa shape index (κ3) is 2.27. The van der Waals surface area contributed by atoms with Gasteiger partial charge in [-0.1, -0.05) is 30.3 Å². The van der Waals surface area contributed by atoms with E-state index in [1.165, 1.54) is 0 Å². The van der Waals surface area contributed by atoms with Gasteiger partial charge in [-0.15, -0.1) is 0 Å². The third-order valence-corrected chi connectivity index (χ3v) is 3.09. The largest absolute Gasteiger partial charge is 0.485 e. The van der Waals surface area contributed by atoms with Crippen LogP contribution >= 0.6 is 0 Å². The lowest BCUT2D eigenvalue weighted by Gasteiger charge is -2.08. The molecular formula is C16H15NO2. The van der Waals surface area contributed by atoms with Crippen molar-refractivity contribution in [3.63, 3.8) is 0 Å². The predicted molar refractivity (Wildman–Crippen MR) is 76.1 cm³/mol. The number of ether oxygens (including phenoxy) is 1. The van der Waals surface area contributed by atoms with Crippen LogP contribution in [0.2, 0.25) is 0 Å². The minimum atomic E-state index is 0.499. The van der Waals surface area contributed by atoms with Gasteiger partial charge in [-0.05, 0) is 24.1 Å². The van der Waals surface area contributed by atoms with Gasteiger partial charge < -0.3 is 14.9 Å². The lowest BCUT2D eigenvalue weighted by molar-refractivity contribution is 0.305. The first-order valence-corrected chi connectivity index (χ1v) is 6.18. The minimum absolute atomic E-state index is 0.499. The fourth-order valence-electron chi connectivity index (χ4n) is 2.09. The molecular weight excluding hydrogens is 238 g/mol. The Balaban J connectivity index is 1.92. The molecule has 0 bridgehead atoms. The molecule has 0 saturated carbocycles. The van der Waals surface area contributed by atoms with Gasteiger partial charge in [0.1, 0.15) is 6.61 Å². The van der Waals surface area contributed by atoms with Crippen LogP contribution in [-0.2, 0) is 6.61 Å². The predicted octanol–water partition coefficient (Wildman–Crippen LogP) is 3.90. The summed E-state index contributed by atoms with van der Waals surface area (Å²) in [5.74, 6) is 0.687. The Morgan fingerprint density at radius 2 is 1.95 bits per heavy atom.